The van der Waals surface area contributed by atoms with Crippen LogP contribution in [0.15, 0.2) is 12.2 Å². The van der Waals surface area contributed by atoms with E-state index in [2.05, 4.69) is 29.7 Å². The standard InChI is InChI=1S/C24H40N2O4/c1-2-3-7-11-22(27)26-17-23(28)25-16-21-19-14-13-18(15-19)20(21)10-8-5-4-6-9-12-24(29)30/h4-5,18-21H,2-3,6-17H2,1H3,(H,25,28)(H,26,27)(H,29,30)/t18-,19+,20-,21+/m1/s1. The van der Waals surface area contributed by atoms with Crippen LogP contribution in [0.5, 0.6) is 0 Å². The van der Waals surface area contributed by atoms with Crippen molar-refractivity contribution >= 4 is 17.8 Å². The van der Waals surface area contributed by atoms with Gasteiger partial charge in [-0.25, -0.2) is 0 Å². The summed E-state index contributed by atoms with van der Waals surface area (Å²) in [7, 11) is 0. The molecule has 2 rings (SSSR count). The molecular formula is C24H40N2O4. The molecule has 4 atom stereocenters. The Labute approximate surface area is 181 Å². The van der Waals surface area contributed by atoms with Gasteiger partial charge in [-0.3, -0.25) is 14.4 Å². The van der Waals surface area contributed by atoms with Gasteiger partial charge in [-0.05, 0) is 75.0 Å². The number of hydrogen-bond donors (Lipinski definition) is 3. The zero-order chi connectivity index (χ0) is 21.8. The molecule has 0 radical (unpaired) electrons. The predicted octanol–water partition coefficient (Wildman–Crippen LogP) is 4.05. The molecule has 2 fully saturated rings. The lowest BCUT2D eigenvalue weighted by Crippen LogP contribution is -2.41. The van der Waals surface area contributed by atoms with E-state index in [0.717, 1.165) is 56.9 Å². The van der Waals surface area contributed by atoms with Gasteiger partial charge in [0.1, 0.15) is 0 Å². The van der Waals surface area contributed by atoms with Gasteiger partial charge in [0, 0.05) is 19.4 Å². The number of nitrogens with one attached hydrogen (secondary N) is 2. The maximum Gasteiger partial charge on any atom is 0.303 e. The summed E-state index contributed by atoms with van der Waals surface area (Å²) < 4.78 is 0. The van der Waals surface area contributed by atoms with Crippen LogP contribution in [0.2, 0.25) is 0 Å². The molecule has 3 N–H and O–H groups in total. The summed E-state index contributed by atoms with van der Waals surface area (Å²) in [6, 6.07) is 0. The molecule has 6 nitrogen and oxygen atoms in total. The lowest BCUT2D eigenvalue weighted by Gasteiger charge is -2.31. The van der Waals surface area contributed by atoms with Gasteiger partial charge < -0.3 is 15.7 Å². The van der Waals surface area contributed by atoms with E-state index in [-0.39, 0.29) is 24.8 Å². The first-order chi connectivity index (χ1) is 14.5. The van der Waals surface area contributed by atoms with Crippen molar-refractivity contribution in [3.05, 3.63) is 12.2 Å². The van der Waals surface area contributed by atoms with Crippen LogP contribution < -0.4 is 10.6 Å². The number of carboxylic acid groups (broad SMARTS) is 1. The topological polar surface area (TPSA) is 95.5 Å². The highest BCUT2D eigenvalue weighted by Crippen LogP contribution is 2.53. The van der Waals surface area contributed by atoms with Crippen molar-refractivity contribution in [2.24, 2.45) is 23.7 Å². The predicted molar refractivity (Wildman–Crippen MR) is 118 cm³/mol. The van der Waals surface area contributed by atoms with E-state index in [1.165, 1.54) is 19.3 Å². The first-order valence-electron chi connectivity index (χ1n) is 11.9. The molecule has 2 aliphatic carbocycles. The first kappa shape index (κ1) is 24.4. The van der Waals surface area contributed by atoms with Gasteiger partial charge >= 0.3 is 5.97 Å². The van der Waals surface area contributed by atoms with Crippen molar-refractivity contribution in [2.75, 3.05) is 13.1 Å². The van der Waals surface area contributed by atoms with E-state index in [1.54, 1.807) is 0 Å². The third-order valence-corrected chi connectivity index (χ3v) is 6.86. The van der Waals surface area contributed by atoms with Crippen molar-refractivity contribution < 1.29 is 19.5 Å². The molecular weight excluding hydrogens is 380 g/mol. The third-order valence-electron chi connectivity index (χ3n) is 6.86. The Bertz CT molecular complexity index is 590. The van der Waals surface area contributed by atoms with Crippen LogP contribution in [0.1, 0.15) is 84.0 Å². The lowest BCUT2D eigenvalue weighted by molar-refractivity contribution is -0.137. The monoisotopic (exact) mass is 420 g/mol. The number of aliphatic carboxylic acids is 1. The SMILES string of the molecule is CCCCCC(=O)NCC(=O)NC[C@H]1[C@H]2CC[C@H](C2)[C@H]1CCC=CCCCC(=O)O. The fourth-order valence-corrected chi connectivity index (χ4v) is 5.29. The quantitative estimate of drug-likeness (QED) is 0.275. The lowest BCUT2D eigenvalue weighted by atomic mass is 9.77. The Balaban J connectivity index is 1.65. The highest BCUT2D eigenvalue weighted by molar-refractivity contribution is 5.84. The summed E-state index contributed by atoms with van der Waals surface area (Å²) >= 11 is 0. The number of carbonyl (C=O) groups excluding carboxylic acids is 2. The van der Waals surface area contributed by atoms with E-state index in [4.69, 9.17) is 5.11 Å². The van der Waals surface area contributed by atoms with Crippen LogP contribution >= 0.6 is 0 Å². The fraction of sp³-hybridized carbons (Fsp3) is 0.792. The molecule has 0 heterocycles. The second-order valence-corrected chi connectivity index (χ2v) is 9.03. The molecule has 6 heteroatoms. The minimum Gasteiger partial charge on any atom is -0.481 e. The number of allylic oxidation sites excluding steroid dienone is 2. The van der Waals surface area contributed by atoms with Crippen LogP contribution in [0, 0.1) is 23.7 Å². The minimum absolute atomic E-state index is 0.0356. The van der Waals surface area contributed by atoms with Crippen molar-refractivity contribution in [3.8, 4) is 0 Å². The summed E-state index contributed by atoms with van der Waals surface area (Å²) in [6.45, 7) is 2.90. The minimum atomic E-state index is -0.730. The average Bonchev–Trinajstić information content (AvgIpc) is 3.31. The molecule has 0 saturated heterocycles. The van der Waals surface area contributed by atoms with E-state index in [1.807, 2.05) is 0 Å². The Morgan fingerprint density at radius 1 is 0.900 bits per heavy atom. The summed E-state index contributed by atoms with van der Waals surface area (Å²) in [5.41, 5.74) is 0. The maximum absolute atomic E-state index is 12.2. The molecule has 0 aromatic carbocycles. The highest BCUT2D eigenvalue weighted by atomic mass is 16.4. The zero-order valence-electron chi connectivity index (χ0n) is 18.5. The first-order valence-corrected chi connectivity index (χ1v) is 11.9. The van der Waals surface area contributed by atoms with Crippen molar-refractivity contribution in [1.29, 1.82) is 0 Å². The summed E-state index contributed by atoms with van der Waals surface area (Å²) in [5, 5.41) is 14.5. The van der Waals surface area contributed by atoms with Crippen LogP contribution in [0.4, 0.5) is 0 Å². The Morgan fingerprint density at radius 3 is 2.37 bits per heavy atom. The van der Waals surface area contributed by atoms with E-state index in [9.17, 15) is 14.4 Å². The van der Waals surface area contributed by atoms with Gasteiger partial charge in [-0.2, -0.15) is 0 Å². The van der Waals surface area contributed by atoms with Crippen LogP contribution in [-0.4, -0.2) is 36.0 Å². The summed E-state index contributed by atoms with van der Waals surface area (Å²) in [5.74, 6) is 1.88. The number of carbonyl (C=O) groups is 3. The normalized spacial score (nSPS) is 25.0. The largest absolute Gasteiger partial charge is 0.481 e. The van der Waals surface area contributed by atoms with E-state index < -0.39 is 5.97 Å². The number of hydrogen-bond acceptors (Lipinski definition) is 3. The second kappa shape index (κ2) is 13.5. The van der Waals surface area contributed by atoms with Crippen LogP contribution in [0.25, 0.3) is 0 Å². The molecule has 2 amide bonds. The molecule has 0 aromatic rings. The van der Waals surface area contributed by atoms with Gasteiger partial charge in [-0.15, -0.1) is 0 Å². The van der Waals surface area contributed by atoms with Crippen molar-refractivity contribution in [3.63, 3.8) is 0 Å². The highest BCUT2D eigenvalue weighted by Gasteiger charge is 2.46. The molecule has 0 spiro atoms. The van der Waals surface area contributed by atoms with Crippen molar-refractivity contribution in [2.45, 2.75) is 84.0 Å². The van der Waals surface area contributed by atoms with Gasteiger partial charge in [0.05, 0.1) is 6.54 Å². The molecule has 0 unspecified atom stereocenters. The average molecular weight is 421 g/mol. The van der Waals surface area contributed by atoms with Gasteiger partial charge in [0.15, 0.2) is 0 Å². The van der Waals surface area contributed by atoms with Crippen LogP contribution in [-0.2, 0) is 14.4 Å². The summed E-state index contributed by atoms with van der Waals surface area (Å²) in [4.78, 5) is 34.5. The number of unbranched alkanes of at least 4 members (excludes halogenated alkanes) is 3. The van der Waals surface area contributed by atoms with E-state index >= 15 is 0 Å². The Morgan fingerprint density at radius 2 is 1.63 bits per heavy atom. The molecule has 0 aliphatic heterocycles. The van der Waals surface area contributed by atoms with E-state index in [0.29, 0.717) is 24.7 Å². The Kier molecular flexibility index (Phi) is 11.0. The fourth-order valence-electron chi connectivity index (χ4n) is 5.29. The Hall–Kier alpha value is -1.85. The molecule has 2 bridgehead atoms. The van der Waals surface area contributed by atoms with Gasteiger partial charge in [0.25, 0.3) is 0 Å². The smallest absolute Gasteiger partial charge is 0.303 e. The van der Waals surface area contributed by atoms with Gasteiger partial charge in [-0.1, -0.05) is 31.9 Å². The zero-order valence-corrected chi connectivity index (χ0v) is 18.5. The number of fused-ring (bicyclic) bond motifs is 2. The number of rotatable bonds is 15. The maximum atomic E-state index is 12.2. The second-order valence-electron chi connectivity index (χ2n) is 9.03. The number of amides is 2. The van der Waals surface area contributed by atoms with Crippen molar-refractivity contribution in [1.82, 2.24) is 10.6 Å². The molecule has 2 saturated carbocycles. The molecule has 2 aliphatic rings. The van der Waals surface area contributed by atoms with Gasteiger partial charge in [0.2, 0.25) is 11.8 Å². The third kappa shape index (κ3) is 8.49. The van der Waals surface area contributed by atoms with Crippen LogP contribution in [0.3, 0.4) is 0 Å². The molecule has 30 heavy (non-hydrogen) atoms. The number of carboxylic acids is 1. The molecule has 0 aromatic heterocycles. The summed E-state index contributed by atoms with van der Waals surface area (Å²) in [6.07, 6.45) is 15.6. The molecule has 170 valence electrons.